The first-order valence-electron chi connectivity index (χ1n) is 8.17. The van der Waals surface area contributed by atoms with Gasteiger partial charge in [-0.2, -0.15) is 0 Å². The number of nitrogen functional groups attached to an aromatic ring is 1. The molecule has 0 aliphatic heterocycles. The van der Waals surface area contributed by atoms with Gasteiger partial charge in [0.2, 0.25) is 0 Å². The van der Waals surface area contributed by atoms with Crippen LogP contribution in [0.2, 0.25) is 0 Å². The molecule has 120 valence electrons. The second kappa shape index (κ2) is 9.42. The number of aryl methyl sites for hydroxylation is 1. The maximum atomic E-state index is 11.8. The molecule has 0 radical (unpaired) electrons. The van der Waals surface area contributed by atoms with Crippen molar-refractivity contribution in [1.82, 2.24) is 9.55 Å². The van der Waals surface area contributed by atoms with E-state index in [0.29, 0.717) is 12.4 Å². The summed E-state index contributed by atoms with van der Waals surface area (Å²) < 4.78 is 6.96. The smallest absolute Gasteiger partial charge is 0.360 e. The van der Waals surface area contributed by atoms with E-state index in [1.54, 1.807) is 6.92 Å². The lowest BCUT2D eigenvalue weighted by atomic mass is 10.1. The standard InChI is InChI=1S/C16H29N3O2/c1-4-7-8-9-10-11-12-19-13(5-2)18-14(15(19)17)16(20)21-6-3/h4-12,17H2,1-3H3. The molecule has 0 spiro atoms. The van der Waals surface area contributed by atoms with Gasteiger partial charge in [0.25, 0.3) is 0 Å². The van der Waals surface area contributed by atoms with Crippen molar-refractivity contribution in [1.29, 1.82) is 0 Å². The molecule has 1 aromatic rings. The molecule has 0 bridgehead atoms. The number of unbranched alkanes of at least 4 members (excludes halogenated alkanes) is 5. The summed E-state index contributed by atoms with van der Waals surface area (Å²) in [5.74, 6) is 0.884. The number of ether oxygens (including phenoxy) is 1. The van der Waals surface area contributed by atoms with Crippen molar-refractivity contribution in [3.63, 3.8) is 0 Å². The summed E-state index contributed by atoms with van der Waals surface area (Å²) in [6.07, 6.45) is 8.14. The molecule has 0 unspecified atom stereocenters. The molecule has 0 aliphatic rings. The number of esters is 1. The Bertz CT molecular complexity index is 441. The molecule has 0 saturated carbocycles. The van der Waals surface area contributed by atoms with Gasteiger partial charge < -0.3 is 15.0 Å². The monoisotopic (exact) mass is 295 g/mol. The highest BCUT2D eigenvalue weighted by Crippen LogP contribution is 2.18. The molecule has 1 aromatic heterocycles. The minimum Gasteiger partial charge on any atom is -0.461 e. The predicted octanol–water partition coefficient (Wildman–Crippen LogP) is 3.56. The van der Waals surface area contributed by atoms with E-state index in [1.165, 1.54) is 32.1 Å². The van der Waals surface area contributed by atoms with E-state index in [9.17, 15) is 4.79 Å². The molecule has 5 nitrogen and oxygen atoms in total. The highest BCUT2D eigenvalue weighted by molar-refractivity contribution is 5.92. The highest BCUT2D eigenvalue weighted by atomic mass is 16.5. The average molecular weight is 295 g/mol. The molecule has 0 fully saturated rings. The summed E-state index contributed by atoms with van der Waals surface area (Å²) >= 11 is 0. The molecule has 2 N–H and O–H groups in total. The van der Waals surface area contributed by atoms with Crippen molar-refractivity contribution in [3.8, 4) is 0 Å². The van der Waals surface area contributed by atoms with Gasteiger partial charge in [-0.1, -0.05) is 46.0 Å². The van der Waals surface area contributed by atoms with Crippen molar-refractivity contribution >= 4 is 11.8 Å². The fraction of sp³-hybridized carbons (Fsp3) is 0.750. The minimum absolute atomic E-state index is 0.264. The Hall–Kier alpha value is -1.52. The van der Waals surface area contributed by atoms with Gasteiger partial charge in [-0.15, -0.1) is 0 Å². The third kappa shape index (κ3) is 5.06. The summed E-state index contributed by atoms with van der Waals surface area (Å²) in [6.45, 7) is 7.19. The summed E-state index contributed by atoms with van der Waals surface area (Å²) in [5, 5.41) is 0. The molecular formula is C16H29N3O2. The Morgan fingerprint density at radius 1 is 1.14 bits per heavy atom. The zero-order valence-electron chi connectivity index (χ0n) is 13.7. The molecule has 0 aliphatic carbocycles. The first-order chi connectivity index (χ1) is 10.2. The third-order valence-electron chi connectivity index (χ3n) is 3.61. The molecule has 21 heavy (non-hydrogen) atoms. The van der Waals surface area contributed by atoms with Crippen LogP contribution in [0.15, 0.2) is 0 Å². The Balaban J connectivity index is 2.62. The topological polar surface area (TPSA) is 70.1 Å². The Labute approximate surface area is 127 Å². The van der Waals surface area contributed by atoms with E-state index < -0.39 is 5.97 Å². The normalized spacial score (nSPS) is 10.8. The van der Waals surface area contributed by atoms with Crippen LogP contribution in [-0.4, -0.2) is 22.1 Å². The quantitative estimate of drug-likeness (QED) is 0.529. The van der Waals surface area contributed by atoms with Crippen LogP contribution in [0.1, 0.15) is 75.6 Å². The number of carbonyl (C=O) groups excluding carboxylic acids is 1. The summed E-state index contributed by atoms with van der Waals surface area (Å²) in [4.78, 5) is 16.2. The van der Waals surface area contributed by atoms with E-state index in [-0.39, 0.29) is 5.69 Å². The number of carbonyl (C=O) groups is 1. The van der Waals surface area contributed by atoms with Gasteiger partial charge in [0, 0.05) is 13.0 Å². The van der Waals surface area contributed by atoms with Gasteiger partial charge in [-0.25, -0.2) is 9.78 Å². The van der Waals surface area contributed by atoms with Crippen LogP contribution in [-0.2, 0) is 17.7 Å². The minimum atomic E-state index is -0.425. The maximum Gasteiger partial charge on any atom is 0.360 e. The molecule has 0 aromatic carbocycles. The fourth-order valence-electron chi connectivity index (χ4n) is 2.43. The van der Waals surface area contributed by atoms with Crippen molar-refractivity contribution < 1.29 is 9.53 Å². The van der Waals surface area contributed by atoms with Gasteiger partial charge in [0.05, 0.1) is 6.61 Å². The molecule has 5 heteroatoms. The lowest BCUT2D eigenvalue weighted by Gasteiger charge is -2.08. The second-order valence-electron chi connectivity index (χ2n) is 5.26. The number of nitrogens with zero attached hydrogens (tertiary/aromatic N) is 2. The Morgan fingerprint density at radius 3 is 2.43 bits per heavy atom. The second-order valence-corrected chi connectivity index (χ2v) is 5.26. The van der Waals surface area contributed by atoms with Gasteiger partial charge >= 0.3 is 5.97 Å². The molecular weight excluding hydrogens is 266 g/mol. The highest BCUT2D eigenvalue weighted by Gasteiger charge is 2.20. The predicted molar refractivity (Wildman–Crippen MR) is 85.3 cm³/mol. The van der Waals surface area contributed by atoms with Crippen LogP contribution < -0.4 is 5.73 Å². The lowest BCUT2D eigenvalue weighted by Crippen LogP contribution is -2.10. The average Bonchev–Trinajstić information content (AvgIpc) is 2.79. The molecule has 0 saturated heterocycles. The van der Waals surface area contributed by atoms with Crippen LogP contribution in [0, 0.1) is 0 Å². The van der Waals surface area contributed by atoms with Crippen LogP contribution in [0.4, 0.5) is 5.82 Å². The number of nitrogens with two attached hydrogens (primary N) is 1. The number of hydrogen-bond donors (Lipinski definition) is 1. The zero-order valence-corrected chi connectivity index (χ0v) is 13.7. The molecule has 0 amide bonds. The Morgan fingerprint density at radius 2 is 1.81 bits per heavy atom. The maximum absolute atomic E-state index is 11.8. The van der Waals surface area contributed by atoms with Crippen molar-refractivity contribution in [2.45, 2.75) is 72.3 Å². The third-order valence-corrected chi connectivity index (χ3v) is 3.61. The Kier molecular flexibility index (Phi) is 7.87. The van der Waals surface area contributed by atoms with E-state index in [4.69, 9.17) is 10.5 Å². The lowest BCUT2D eigenvalue weighted by molar-refractivity contribution is 0.0521. The van der Waals surface area contributed by atoms with Gasteiger partial charge in [0.1, 0.15) is 11.6 Å². The van der Waals surface area contributed by atoms with Crippen molar-refractivity contribution in [2.75, 3.05) is 12.3 Å². The van der Waals surface area contributed by atoms with E-state index in [2.05, 4.69) is 11.9 Å². The van der Waals surface area contributed by atoms with E-state index in [1.807, 2.05) is 11.5 Å². The number of rotatable bonds is 10. The fourth-order valence-corrected chi connectivity index (χ4v) is 2.43. The number of anilines is 1. The van der Waals surface area contributed by atoms with Crippen LogP contribution in [0.25, 0.3) is 0 Å². The van der Waals surface area contributed by atoms with Gasteiger partial charge in [-0.3, -0.25) is 0 Å². The SMILES string of the molecule is CCCCCCCCn1c(CC)nc(C(=O)OCC)c1N. The van der Waals surface area contributed by atoms with Crippen LogP contribution >= 0.6 is 0 Å². The van der Waals surface area contributed by atoms with Crippen LogP contribution in [0.3, 0.4) is 0 Å². The number of imidazole rings is 1. The van der Waals surface area contributed by atoms with Crippen molar-refractivity contribution in [2.24, 2.45) is 0 Å². The molecule has 0 atom stereocenters. The zero-order chi connectivity index (χ0) is 15.7. The number of aromatic nitrogens is 2. The molecule has 1 rings (SSSR count). The van der Waals surface area contributed by atoms with Crippen molar-refractivity contribution in [3.05, 3.63) is 11.5 Å². The van der Waals surface area contributed by atoms with Crippen LogP contribution in [0.5, 0.6) is 0 Å². The summed E-state index contributed by atoms with van der Waals surface area (Å²) in [5.41, 5.74) is 6.34. The van der Waals surface area contributed by atoms with Gasteiger partial charge in [-0.05, 0) is 13.3 Å². The summed E-state index contributed by atoms with van der Waals surface area (Å²) in [6, 6.07) is 0. The molecule has 1 heterocycles. The number of hydrogen-bond acceptors (Lipinski definition) is 4. The van der Waals surface area contributed by atoms with E-state index in [0.717, 1.165) is 25.2 Å². The first kappa shape index (κ1) is 17.5. The van der Waals surface area contributed by atoms with Gasteiger partial charge in [0.15, 0.2) is 5.69 Å². The van der Waals surface area contributed by atoms with E-state index >= 15 is 0 Å². The summed E-state index contributed by atoms with van der Waals surface area (Å²) in [7, 11) is 0. The largest absolute Gasteiger partial charge is 0.461 e. The first-order valence-corrected chi connectivity index (χ1v) is 8.17.